The number of carbonyl (C=O) groups excluding carboxylic acids is 2. The van der Waals surface area contributed by atoms with Gasteiger partial charge in [0, 0.05) is 0 Å². The third-order valence-electron chi connectivity index (χ3n) is 4.12. The highest BCUT2D eigenvalue weighted by Crippen LogP contribution is 2.17. The number of hydrogen-bond donors (Lipinski definition) is 0. The maximum atomic E-state index is 12.4. The second kappa shape index (κ2) is 9.28. The molecule has 0 radical (unpaired) electrons. The summed E-state index contributed by atoms with van der Waals surface area (Å²) in [6, 6.07) is 13.8. The summed E-state index contributed by atoms with van der Waals surface area (Å²) in [5, 5.41) is 0. The Kier molecular flexibility index (Phi) is 7.02. The van der Waals surface area contributed by atoms with Gasteiger partial charge in [0.15, 0.2) is 11.2 Å². The van der Waals surface area contributed by atoms with E-state index in [4.69, 9.17) is 9.47 Å². The summed E-state index contributed by atoms with van der Waals surface area (Å²) in [6.45, 7) is 14.1. The van der Waals surface area contributed by atoms with Crippen LogP contribution in [0.15, 0.2) is 61.7 Å². The van der Waals surface area contributed by atoms with Gasteiger partial charge in [0.2, 0.25) is 0 Å². The predicted molar refractivity (Wildman–Crippen MR) is 120 cm³/mol. The average Bonchev–Trinajstić information content (AvgIpc) is 2.72. The molecule has 0 fully saturated rings. The van der Waals surface area contributed by atoms with Crippen molar-refractivity contribution in [1.82, 2.24) is 0 Å². The molecule has 0 aliphatic heterocycles. The average molecular weight is 402 g/mol. The van der Waals surface area contributed by atoms with Crippen LogP contribution in [0.4, 0.5) is 0 Å². The van der Waals surface area contributed by atoms with Gasteiger partial charge in [-0.1, -0.05) is 61.4 Å². The van der Waals surface area contributed by atoms with Gasteiger partial charge in [-0.2, -0.15) is 0 Å². The third kappa shape index (κ3) is 6.49. The molecule has 0 atom stereocenters. The van der Waals surface area contributed by atoms with Crippen LogP contribution in [0.3, 0.4) is 0 Å². The molecule has 4 nitrogen and oxygen atoms in total. The highest BCUT2D eigenvalue weighted by atomic mass is 16.6. The SMILES string of the molecule is C=Cc1ccc(C(=O)OC(C)(C)C#CC(C)(C)OC(=O)c2ccc(C=C)cc2)cc1. The molecule has 2 aromatic carbocycles. The van der Waals surface area contributed by atoms with Crippen molar-refractivity contribution in [3.05, 3.63) is 83.9 Å². The lowest BCUT2D eigenvalue weighted by Gasteiger charge is -2.22. The zero-order chi connectivity index (χ0) is 22.4. The summed E-state index contributed by atoms with van der Waals surface area (Å²) in [4.78, 5) is 24.8. The molecule has 4 heteroatoms. The van der Waals surface area contributed by atoms with Crippen molar-refractivity contribution in [1.29, 1.82) is 0 Å². The molecule has 0 aliphatic rings. The summed E-state index contributed by atoms with van der Waals surface area (Å²) in [5.74, 6) is 4.83. The minimum atomic E-state index is -1.07. The topological polar surface area (TPSA) is 52.6 Å². The molecule has 154 valence electrons. The first kappa shape index (κ1) is 22.7. The molecule has 0 saturated heterocycles. The molecule has 0 bridgehead atoms. The van der Waals surface area contributed by atoms with Crippen molar-refractivity contribution in [2.24, 2.45) is 0 Å². The first-order valence-corrected chi connectivity index (χ1v) is 9.51. The lowest BCUT2D eigenvalue weighted by Crippen LogP contribution is -2.30. The molecule has 2 rings (SSSR count). The highest BCUT2D eigenvalue weighted by molar-refractivity contribution is 5.90. The zero-order valence-corrected chi connectivity index (χ0v) is 17.8. The molecule has 0 saturated carbocycles. The number of rotatable bonds is 6. The molecular formula is C26H26O4. The molecule has 2 aromatic rings. The van der Waals surface area contributed by atoms with Crippen molar-refractivity contribution in [2.75, 3.05) is 0 Å². The van der Waals surface area contributed by atoms with Gasteiger partial charge in [0.05, 0.1) is 11.1 Å². The Balaban J connectivity index is 2.05. The van der Waals surface area contributed by atoms with E-state index < -0.39 is 23.1 Å². The van der Waals surface area contributed by atoms with E-state index in [1.165, 1.54) is 0 Å². The monoisotopic (exact) mass is 402 g/mol. The molecule has 0 unspecified atom stereocenters. The normalized spacial score (nSPS) is 10.9. The van der Waals surface area contributed by atoms with Gasteiger partial charge < -0.3 is 9.47 Å². The van der Waals surface area contributed by atoms with Crippen LogP contribution in [0.5, 0.6) is 0 Å². The van der Waals surface area contributed by atoms with Crippen LogP contribution in [0.2, 0.25) is 0 Å². The maximum absolute atomic E-state index is 12.4. The van der Waals surface area contributed by atoms with Gasteiger partial charge in [0.1, 0.15) is 0 Å². The molecule has 0 aliphatic carbocycles. The Morgan fingerprint density at radius 2 is 1.00 bits per heavy atom. The number of esters is 2. The number of hydrogen-bond acceptors (Lipinski definition) is 4. The van der Waals surface area contributed by atoms with Crippen molar-refractivity contribution in [3.63, 3.8) is 0 Å². The van der Waals surface area contributed by atoms with E-state index in [1.807, 2.05) is 0 Å². The smallest absolute Gasteiger partial charge is 0.339 e. The largest absolute Gasteiger partial charge is 0.443 e. The number of carbonyl (C=O) groups is 2. The maximum Gasteiger partial charge on any atom is 0.339 e. The fraction of sp³-hybridized carbons (Fsp3) is 0.231. The minimum absolute atomic E-state index is 0.420. The number of ether oxygens (including phenoxy) is 2. The summed E-state index contributed by atoms with van der Waals surface area (Å²) < 4.78 is 11.0. The lowest BCUT2D eigenvalue weighted by atomic mass is 10.1. The van der Waals surface area contributed by atoms with Crippen LogP contribution in [-0.2, 0) is 9.47 Å². The second-order valence-corrected chi connectivity index (χ2v) is 7.70. The Bertz CT molecular complexity index is 916. The fourth-order valence-corrected chi connectivity index (χ4v) is 2.44. The third-order valence-corrected chi connectivity index (χ3v) is 4.12. The quantitative estimate of drug-likeness (QED) is 0.470. The summed E-state index contributed by atoms with van der Waals surface area (Å²) in [5.41, 5.74) is 0.530. The molecule has 0 N–H and O–H groups in total. The van der Waals surface area contributed by atoms with Crippen molar-refractivity contribution in [2.45, 2.75) is 38.9 Å². The lowest BCUT2D eigenvalue weighted by molar-refractivity contribution is 0.0158. The Hall–Kier alpha value is -3.58. The Morgan fingerprint density at radius 1 is 0.700 bits per heavy atom. The zero-order valence-electron chi connectivity index (χ0n) is 17.8. The second-order valence-electron chi connectivity index (χ2n) is 7.70. The van der Waals surface area contributed by atoms with Gasteiger partial charge >= 0.3 is 11.9 Å². The standard InChI is InChI=1S/C26H26O4/c1-7-19-9-13-21(14-10-19)23(27)29-25(3,4)17-18-26(5,6)30-24(28)22-15-11-20(8-2)12-16-22/h7-16H,1-2H2,3-6H3. The van der Waals surface area contributed by atoms with E-state index in [0.29, 0.717) is 11.1 Å². The van der Waals surface area contributed by atoms with E-state index in [1.54, 1.807) is 88.4 Å². The van der Waals surface area contributed by atoms with Crippen LogP contribution in [0.1, 0.15) is 59.5 Å². The molecule has 0 spiro atoms. The van der Waals surface area contributed by atoms with Gasteiger partial charge in [0.25, 0.3) is 0 Å². The van der Waals surface area contributed by atoms with Crippen molar-refractivity contribution < 1.29 is 19.1 Å². The predicted octanol–water partition coefficient (Wildman–Crippen LogP) is 5.55. The Morgan fingerprint density at radius 3 is 1.27 bits per heavy atom. The van der Waals surface area contributed by atoms with E-state index in [0.717, 1.165) is 11.1 Å². The van der Waals surface area contributed by atoms with Gasteiger partial charge in [-0.05, 0) is 63.1 Å². The first-order valence-electron chi connectivity index (χ1n) is 9.51. The van der Waals surface area contributed by atoms with Crippen molar-refractivity contribution >= 4 is 24.1 Å². The first-order chi connectivity index (χ1) is 14.0. The molecule has 0 heterocycles. The van der Waals surface area contributed by atoms with Gasteiger partial charge in [-0.3, -0.25) is 0 Å². The fourth-order valence-electron chi connectivity index (χ4n) is 2.44. The highest BCUT2D eigenvalue weighted by Gasteiger charge is 2.25. The van der Waals surface area contributed by atoms with Crippen LogP contribution < -0.4 is 0 Å². The van der Waals surface area contributed by atoms with E-state index in [-0.39, 0.29) is 0 Å². The van der Waals surface area contributed by atoms with Gasteiger partial charge in [-0.25, -0.2) is 9.59 Å². The van der Waals surface area contributed by atoms with Crippen LogP contribution in [0, 0.1) is 11.8 Å². The molecule has 0 amide bonds. The van der Waals surface area contributed by atoms with E-state index in [9.17, 15) is 9.59 Å². The van der Waals surface area contributed by atoms with Crippen molar-refractivity contribution in [3.8, 4) is 11.8 Å². The number of benzene rings is 2. The van der Waals surface area contributed by atoms with Crippen LogP contribution in [0.25, 0.3) is 12.2 Å². The van der Waals surface area contributed by atoms with E-state index in [2.05, 4.69) is 25.0 Å². The molecular weight excluding hydrogens is 376 g/mol. The summed E-state index contributed by atoms with van der Waals surface area (Å²) in [6.07, 6.45) is 3.39. The van der Waals surface area contributed by atoms with Crippen LogP contribution in [-0.4, -0.2) is 23.1 Å². The molecule has 30 heavy (non-hydrogen) atoms. The van der Waals surface area contributed by atoms with Crippen LogP contribution >= 0.6 is 0 Å². The van der Waals surface area contributed by atoms with Gasteiger partial charge in [-0.15, -0.1) is 0 Å². The summed E-state index contributed by atoms with van der Waals surface area (Å²) in [7, 11) is 0. The van der Waals surface area contributed by atoms with E-state index >= 15 is 0 Å². The minimum Gasteiger partial charge on any atom is -0.443 e. The Labute approximate surface area is 178 Å². The summed E-state index contributed by atoms with van der Waals surface area (Å²) >= 11 is 0. The molecule has 0 aromatic heterocycles.